The molecule has 0 spiro atoms. The van der Waals surface area contributed by atoms with Gasteiger partial charge in [0, 0.05) is 11.1 Å². The molecule has 0 aliphatic rings. The third-order valence-electron chi connectivity index (χ3n) is 16.2. The van der Waals surface area contributed by atoms with Crippen LogP contribution in [0.2, 0.25) is 0 Å². The summed E-state index contributed by atoms with van der Waals surface area (Å²) in [5, 5.41) is 9.67. The van der Waals surface area contributed by atoms with Crippen molar-refractivity contribution in [2.75, 3.05) is 27.4 Å². The predicted octanol–water partition coefficient (Wildman–Crippen LogP) is 22.6. The van der Waals surface area contributed by atoms with Gasteiger partial charge in [0.2, 0.25) is 0 Å². The fourth-order valence-electron chi connectivity index (χ4n) is 11.8. The molecular weight excluding hydrogens is 977 g/mol. The number of hydrogen-bond donors (Lipinski definition) is 0. The summed E-state index contributed by atoms with van der Waals surface area (Å²) in [5.74, 6) is 3.44. The van der Waals surface area contributed by atoms with Crippen LogP contribution in [0.1, 0.15) is 165 Å². The van der Waals surface area contributed by atoms with E-state index in [4.69, 9.17) is 18.9 Å². The minimum atomic E-state index is 0.657. The number of rotatable bonds is 32. The second-order valence-electron chi connectivity index (χ2n) is 21.9. The van der Waals surface area contributed by atoms with Gasteiger partial charge in [-0.05, 0) is 126 Å². The molecule has 80 heavy (non-hydrogen) atoms. The number of ether oxygens (including phenoxy) is 4. The molecule has 9 aromatic rings. The summed E-state index contributed by atoms with van der Waals surface area (Å²) in [7, 11) is 3.45. The minimum Gasteiger partial charge on any atom is -0.497 e. The van der Waals surface area contributed by atoms with Crippen molar-refractivity contribution >= 4 is 67.4 Å². The van der Waals surface area contributed by atoms with Gasteiger partial charge in [-0.25, -0.2) is 0 Å². The third-order valence-corrected chi connectivity index (χ3v) is 16.2. The average Bonchev–Trinajstić information content (AvgIpc) is 3.60. The van der Waals surface area contributed by atoms with Gasteiger partial charge in [-0.2, -0.15) is 0 Å². The summed E-state index contributed by atoms with van der Waals surface area (Å²) in [6.07, 6.45) is 34.7. The molecule has 0 radical (unpaired) electrons. The van der Waals surface area contributed by atoms with Gasteiger partial charge in [-0.1, -0.05) is 275 Å². The van der Waals surface area contributed by atoms with Gasteiger partial charge in [0.05, 0.1) is 27.4 Å². The lowest BCUT2D eigenvalue weighted by atomic mass is 9.88. The molecule has 0 N–H and O–H groups in total. The monoisotopic (exact) mass is 1060 g/mol. The van der Waals surface area contributed by atoms with Gasteiger partial charge in [-0.15, -0.1) is 0 Å². The summed E-state index contributed by atoms with van der Waals surface area (Å²) < 4.78 is 25.1. The molecule has 9 rings (SSSR count). The van der Waals surface area contributed by atoms with Gasteiger partial charge in [0.25, 0.3) is 0 Å². The Morgan fingerprint density at radius 2 is 0.575 bits per heavy atom. The van der Waals surface area contributed by atoms with E-state index < -0.39 is 0 Å². The number of hydrogen-bond acceptors (Lipinski definition) is 4. The first-order valence-corrected chi connectivity index (χ1v) is 30.6. The van der Waals surface area contributed by atoms with E-state index in [9.17, 15) is 0 Å². The van der Waals surface area contributed by atoms with Crippen LogP contribution < -0.4 is 18.9 Å². The summed E-state index contributed by atoms with van der Waals surface area (Å²) in [4.78, 5) is 0. The van der Waals surface area contributed by atoms with Crippen molar-refractivity contribution in [3.05, 3.63) is 180 Å². The zero-order chi connectivity index (χ0) is 55.1. The molecular formula is C76H86O4. The Morgan fingerprint density at radius 1 is 0.300 bits per heavy atom. The van der Waals surface area contributed by atoms with Crippen molar-refractivity contribution in [2.45, 2.75) is 142 Å². The zero-order valence-electron chi connectivity index (χ0n) is 48.5. The first-order valence-electron chi connectivity index (χ1n) is 30.6. The molecule has 0 amide bonds. The summed E-state index contributed by atoms with van der Waals surface area (Å²) in [5.41, 5.74) is 9.18. The Hall–Kier alpha value is -7.30. The van der Waals surface area contributed by atoms with E-state index in [0.717, 1.165) is 59.8 Å². The van der Waals surface area contributed by atoms with E-state index in [0.29, 0.717) is 13.2 Å². The van der Waals surface area contributed by atoms with Crippen LogP contribution in [0, 0.1) is 0 Å². The fraction of sp³-hybridized carbons (Fsp3) is 0.342. The number of methoxy groups -OCH3 is 2. The van der Waals surface area contributed by atoms with Crippen LogP contribution in [0.25, 0.3) is 89.6 Å². The molecule has 0 saturated heterocycles. The largest absolute Gasteiger partial charge is 0.497 e. The zero-order valence-corrected chi connectivity index (χ0v) is 48.5. The Labute approximate surface area is 478 Å². The minimum absolute atomic E-state index is 0.657. The Kier molecular flexibility index (Phi) is 21.8. The van der Waals surface area contributed by atoms with Crippen LogP contribution in [-0.4, -0.2) is 27.4 Å². The van der Waals surface area contributed by atoms with Crippen LogP contribution in [0.4, 0.5) is 0 Å². The SMILES string of the molecule is CCCCCCCCCCCCOc1cc(/C=C/c2c3ccccc3c(-c3ccc(OC)cc3)c3ccccc23)c(OCCCCCCCCCCCC)cc1/C=C/c1c2ccccc2c(-c2ccc(OC)cc2)c2ccccc12. The highest BCUT2D eigenvalue weighted by molar-refractivity contribution is 6.19. The predicted molar refractivity (Wildman–Crippen MR) is 346 cm³/mol. The Morgan fingerprint density at radius 3 is 0.863 bits per heavy atom. The van der Waals surface area contributed by atoms with Crippen molar-refractivity contribution in [2.24, 2.45) is 0 Å². The van der Waals surface area contributed by atoms with E-state index in [1.54, 1.807) is 14.2 Å². The van der Waals surface area contributed by atoms with Crippen molar-refractivity contribution in [3.8, 4) is 45.3 Å². The second kappa shape index (κ2) is 30.3. The molecule has 0 aliphatic carbocycles. The molecule has 4 heteroatoms. The summed E-state index contributed by atoms with van der Waals surface area (Å²) >= 11 is 0. The van der Waals surface area contributed by atoms with E-state index in [-0.39, 0.29) is 0 Å². The quantitative estimate of drug-likeness (QED) is 0.0239. The first-order chi connectivity index (χ1) is 39.6. The highest BCUT2D eigenvalue weighted by Crippen LogP contribution is 2.43. The molecule has 0 aliphatic heterocycles. The normalized spacial score (nSPS) is 11.8. The maximum absolute atomic E-state index is 6.99. The number of benzene rings is 9. The second-order valence-corrected chi connectivity index (χ2v) is 21.9. The lowest BCUT2D eigenvalue weighted by molar-refractivity contribution is 0.295. The highest BCUT2D eigenvalue weighted by Gasteiger charge is 2.18. The molecule has 9 aromatic carbocycles. The van der Waals surface area contributed by atoms with Gasteiger partial charge < -0.3 is 18.9 Å². The van der Waals surface area contributed by atoms with Crippen LogP contribution in [-0.2, 0) is 0 Å². The van der Waals surface area contributed by atoms with E-state index >= 15 is 0 Å². The molecule has 0 bridgehead atoms. The van der Waals surface area contributed by atoms with E-state index in [1.807, 2.05) is 0 Å². The van der Waals surface area contributed by atoms with Gasteiger partial charge in [-0.3, -0.25) is 0 Å². The summed E-state index contributed by atoms with van der Waals surface area (Å²) in [6.45, 7) is 5.90. The lowest BCUT2D eigenvalue weighted by Gasteiger charge is -2.18. The molecule has 0 unspecified atom stereocenters. The lowest BCUT2D eigenvalue weighted by Crippen LogP contribution is -2.03. The van der Waals surface area contributed by atoms with Gasteiger partial charge in [0.1, 0.15) is 23.0 Å². The van der Waals surface area contributed by atoms with Crippen LogP contribution in [0.3, 0.4) is 0 Å². The summed E-state index contributed by atoms with van der Waals surface area (Å²) in [6, 6.07) is 56.8. The fourth-order valence-corrected chi connectivity index (χ4v) is 11.8. The number of fused-ring (bicyclic) bond motifs is 4. The molecule has 414 valence electrons. The van der Waals surface area contributed by atoms with E-state index in [1.165, 1.54) is 179 Å². The molecule has 0 saturated carbocycles. The Balaban J connectivity index is 1.10. The van der Waals surface area contributed by atoms with Crippen molar-refractivity contribution in [1.82, 2.24) is 0 Å². The van der Waals surface area contributed by atoms with Crippen molar-refractivity contribution in [3.63, 3.8) is 0 Å². The van der Waals surface area contributed by atoms with Crippen LogP contribution >= 0.6 is 0 Å². The highest BCUT2D eigenvalue weighted by atomic mass is 16.5. The van der Waals surface area contributed by atoms with E-state index in [2.05, 4.69) is 196 Å². The topological polar surface area (TPSA) is 36.9 Å². The maximum Gasteiger partial charge on any atom is 0.127 e. The maximum atomic E-state index is 6.99. The number of unbranched alkanes of at least 4 members (excludes halogenated alkanes) is 18. The van der Waals surface area contributed by atoms with Crippen LogP contribution in [0.15, 0.2) is 158 Å². The standard InChI is InChI=1S/C76H86O4/c1-5-7-9-11-13-15-17-19-21-31-53-79-73-55-60(46-52-68-65-35-25-29-39-71(65)76(72-40-30-26-36-66(68)72)58-43-49-62(78-4)50-44-58)74(80-54-32-22-20-18-16-14-12-10-8-6-2)56-59(73)45-51-67-63-33-23-27-37-69(63)75(70-38-28-24-34-64(67)70)57-41-47-61(77-3)48-42-57/h23-30,33-52,55-56H,5-22,31-32,53-54H2,1-4H3/b51-45+,52-46+. The van der Waals surface area contributed by atoms with Gasteiger partial charge in [0.15, 0.2) is 0 Å². The Bertz CT molecular complexity index is 3090. The van der Waals surface area contributed by atoms with Crippen LogP contribution in [0.5, 0.6) is 23.0 Å². The molecule has 0 aromatic heterocycles. The third kappa shape index (κ3) is 14.7. The molecule has 0 atom stereocenters. The van der Waals surface area contributed by atoms with Crippen molar-refractivity contribution < 1.29 is 18.9 Å². The average molecular weight is 1060 g/mol. The molecule has 0 heterocycles. The molecule has 0 fully saturated rings. The van der Waals surface area contributed by atoms with Gasteiger partial charge >= 0.3 is 0 Å². The molecule has 4 nitrogen and oxygen atoms in total. The smallest absolute Gasteiger partial charge is 0.127 e. The first kappa shape index (κ1) is 57.4. The van der Waals surface area contributed by atoms with Crippen molar-refractivity contribution in [1.29, 1.82) is 0 Å².